The third kappa shape index (κ3) is 3.51. The Balaban J connectivity index is 2.77. The maximum absolute atomic E-state index is 11.9. The Hall–Kier alpha value is -0.490. The van der Waals surface area contributed by atoms with E-state index in [0.29, 0.717) is 6.54 Å². The molecule has 0 aliphatic heterocycles. The molecule has 0 aliphatic carbocycles. The average Bonchev–Trinajstić information content (AvgIpc) is 2.57. The van der Waals surface area contributed by atoms with Gasteiger partial charge >= 0.3 is 0 Å². The van der Waals surface area contributed by atoms with Crippen LogP contribution in [0, 0.1) is 0 Å². The topological polar surface area (TPSA) is 58.2 Å². The minimum atomic E-state index is -0.659. The zero-order valence-electron chi connectivity index (χ0n) is 9.64. The Bertz CT molecular complexity index is 476. The second-order valence-electron chi connectivity index (χ2n) is 3.42. The number of carbonyl (C=O) groups excluding carboxylic acids is 2. The number of amides is 2. The van der Waals surface area contributed by atoms with E-state index in [1.807, 2.05) is 0 Å². The second-order valence-corrected chi connectivity index (χ2v) is 5.80. The summed E-state index contributed by atoms with van der Waals surface area (Å²) in [6.45, 7) is 3.87. The van der Waals surface area contributed by atoms with E-state index in [0.717, 1.165) is 11.3 Å². The molecule has 0 bridgehead atoms. The van der Waals surface area contributed by atoms with Crippen molar-refractivity contribution in [2.75, 3.05) is 6.54 Å². The Morgan fingerprint density at radius 3 is 2.33 bits per heavy atom. The Kier molecular flexibility index (Phi) is 5.72. The number of likely N-dealkylation sites (N-methyl/N-ethyl adjacent to an activating group) is 1. The molecule has 1 heterocycles. The molecule has 0 aromatic carbocycles. The van der Waals surface area contributed by atoms with Crippen LogP contribution in [0.5, 0.6) is 0 Å². The summed E-state index contributed by atoms with van der Waals surface area (Å²) in [4.78, 5) is 23.5. The van der Waals surface area contributed by atoms with Gasteiger partial charge in [0.25, 0.3) is 5.91 Å². The van der Waals surface area contributed by atoms with Crippen LogP contribution in [-0.4, -0.2) is 24.4 Å². The lowest BCUT2D eigenvalue weighted by Gasteiger charge is -2.12. The van der Waals surface area contributed by atoms with E-state index in [2.05, 4.69) is 10.6 Å². The summed E-state index contributed by atoms with van der Waals surface area (Å²) in [5.74, 6) is -0.742. The highest BCUT2D eigenvalue weighted by Gasteiger charge is 2.22. The minimum absolute atomic E-state index is 0.104. The van der Waals surface area contributed by atoms with Crippen molar-refractivity contribution < 1.29 is 9.59 Å². The first-order valence-corrected chi connectivity index (χ1v) is 7.05. The average molecular weight is 330 g/mol. The van der Waals surface area contributed by atoms with Gasteiger partial charge in [-0.3, -0.25) is 9.59 Å². The standard InChI is InChI=1S/C10H11Cl3N2O2S/c1-3-14-9(16)4(2)15-10(17)7-5(11)6(12)8(13)18-7/h4H,3H2,1-2H3,(H,14,16)(H,15,17)/t4-/m0/s1. The largest absolute Gasteiger partial charge is 0.355 e. The third-order valence-electron chi connectivity index (χ3n) is 2.05. The molecule has 0 saturated heterocycles. The summed E-state index contributed by atoms with van der Waals surface area (Å²) in [5, 5.41) is 5.37. The molecule has 100 valence electrons. The highest BCUT2D eigenvalue weighted by atomic mass is 35.5. The molecule has 4 nitrogen and oxygen atoms in total. The fourth-order valence-corrected chi connectivity index (χ4v) is 2.87. The van der Waals surface area contributed by atoms with Gasteiger partial charge in [0.15, 0.2) is 0 Å². The zero-order chi connectivity index (χ0) is 13.9. The van der Waals surface area contributed by atoms with Gasteiger partial charge in [-0.2, -0.15) is 0 Å². The van der Waals surface area contributed by atoms with Gasteiger partial charge in [0.05, 0.1) is 10.0 Å². The monoisotopic (exact) mass is 328 g/mol. The first-order valence-electron chi connectivity index (χ1n) is 5.10. The molecule has 1 aromatic heterocycles. The molecule has 18 heavy (non-hydrogen) atoms. The molecular weight excluding hydrogens is 319 g/mol. The molecule has 0 radical (unpaired) electrons. The molecule has 0 aliphatic rings. The van der Waals surface area contributed by atoms with Crippen LogP contribution in [-0.2, 0) is 4.79 Å². The smallest absolute Gasteiger partial charge is 0.263 e. The van der Waals surface area contributed by atoms with Crippen LogP contribution in [0.1, 0.15) is 23.5 Å². The number of thiophene rings is 1. The fourth-order valence-electron chi connectivity index (χ4n) is 1.17. The molecule has 8 heteroatoms. The van der Waals surface area contributed by atoms with Crippen molar-refractivity contribution in [1.82, 2.24) is 10.6 Å². The van der Waals surface area contributed by atoms with E-state index in [-0.39, 0.29) is 25.2 Å². The minimum Gasteiger partial charge on any atom is -0.355 e. The Morgan fingerprint density at radius 1 is 1.28 bits per heavy atom. The van der Waals surface area contributed by atoms with E-state index in [1.54, 1.807) is 13.8 Å². The highest BCUT2D eigenvalue weighted by molar-refractivity contribution is 7.19. The van der Waals surface area contributed by atoms with E-state index in [4.69, 9.17) is 34.8 Å². The first kappa shape index (κ1) is 15.6. The molecule has 1 atom stereocenters. The van der Waals surface area contributed by atoms with Gasteiger partial charge in [-0.15, -0.1) is 11.3 Å². The summed E-state index contributed by atoms with van der Waals surface area (Å²) in [6.07, 6.45) is 0. The van der Waals surface area contributed by atoms with Crippen molar-refractivity contribution in [3.63, 3.8) is 0 Å². The van der Waals surface area contributed by atoms with Crippen LogP contribution in [0.15, 0.2) is 0 Å². The first-order chi connectivity index (χ1) is 8.38. The molecule has 2 amide bonds. The van der Waals surface area contributed by atoms with Gasteiger partial charge in [-0.25, -0.2) is 0 Å². The van der Waals surface area contributed by atoms with E-state index >= 15 is 0 Å². The Morgan fingerprint density at radius 2 is 1.89 bits per heavy atom. The van der Waals surface area contributed by atoms with Gasteiger partial charge in [0.2, 0.25) is 5.91 Å². The van der Waals surface area contributed by atoms with Crippen LogP contribution >= 0.6 is 46.1 Å². The number of hydrogen-bond acceptors (Lipinski definition) is 3. The molecule has 0 saturated carbocycles. The molecule has 0 spiro atoms. The van der Waals surface area contributed by atoms with Crippen LogP contribution < -0.4 is 10.6 Å². The number of rotatable bonds is 4. The van der Waals surface area contributed by atoms with Crippen LogP contribution in [0.2, 0.25) is 14.4 Å². The predicted octanol–water partition coefficient (Wildman–Crippen LogP) is 2.96. The van der Waals surface area contributed by atoms with Crippen molar-refractivity contribution in [3.8, 4) is 0 Å². The van der Waals surface area contributed by atoms with Crippen LogP contribution in [0.4, 0.5) is 0 Å². The van der Waals surface area contributed by atoms with Gasteiger partial charge in [0.1, 0.15) is 15.3 Å². The quantitative estimate of drug-likeness (QED) is 0.892. The van der Waals surface area contributed by atoms with Gasteiger partial charge < -0.3 is 10.6 Å². The summed E-state index contributed by atoms with van der Waals surface area (Å²) in [7, 11) is 0. The van der Waals surface area contributed by atoms with Crippen molar-refractivity contribution in [2.45, 2.75) is 19.9 Å². The van der Waals surface area contributed by atoms with Gasteiger partial charge in [0, 0.05) is 6.54 Å². The maximum atomic E-state index is 11.9. The normalized spacial score (nSPS) is 12.1. The molecule has 1 rings (SSSR count). The van der Waals surface area contributed by atoms with Crippen molar-refractivity contribution >= 4 is 58.0 Å². The lowest BCUT2D eigenvalue weighted by Crippen LogP contribution is -2.44. The summed E-state index contributed by atoms with van der Waals surface area (Å²) in [6, 6.07) is -0.659. The summed E-state index contributed by atoms with van der Waals surface area (Å²) < 4.78 is 0.248. The maximum Gasteiger partial charge on any atom is 0.263 e. The number of halogens is 3. The number of nitrogens with one attached hydrogen (secondary N) is 2. The van der Waals surface area contributed by atoms with E-state index in [1.165, 1.54) is 0 Å². The van der Waals surface area contributed by atoms with Crippen molar-refractivity contribution in [3.05, 3.63) is 19.3 Å². The van der Waals surface area contributed by atoms with Crippen LogP contribution in [0.25, 0.3) is 0 Å². The van der Waals surface area contributed by atoms with E-state index in [9.17, 15) is 9.59 Å². The van der Waals surface area contributed by atoms with Crippen LogP contribution in [0.3, 0.4) is 0 Å². The zero-order valence-corrected chi connectivity index (χ0v) is 12.7. The highest BCUT2D eigenvalue weighted by Crippen LogP contribution is 2.40. The number of hydrogen-bond donors (Lipinski definition) is 2. The van der Waals surface area contributed by atoms with Crippen molar-refractivity contribution in [2.24, 2.45) is 0 Å². The SMILES string of the molecule is CCNC(=O)[C@H](C)NC(=O)c1sc(Cl)c(Cl)c1Cl. The second kappa shape index (κ2) is 6.61. The van der Waals surface area contributed by atoms with Crippen molar-refractivity contribution in [1.29, 1.82) is 0 Å². The molecular formula is C10H11Cl3N2O2S. The molecule has 2 N–H and O–H groups in total. The summed E-state index contributed by atoms with van der Waals surface area (Å²) in [5.41, 5.74) is 0. The number of carbonyl (C=O) groups is 2. The van der Waals surface area contributed by atoms with E-state index < -0.39 is 11.9 Å². The molecule has 0 unspecified atom stereocenters. The van der Waals surface area contributed by atoms with Gasteiger partial charge in [-0.1, -0.05) is 34.8 Å². The Labute approximate surface area is 124 Å². The lowest BCUT2D eigenvalue weighted by atomic mass is 10.3. The molecule has 0 fully saturated rings. The third-order valence-corrected chi connectivity index (χ3v) is 4.63. The molecule has 1 aromatic rings. The lowest BCUT2D eigenvalue weighted by molar-refractivity contribution is -0.122. The predicted molar refractivity (Wildman–Crippen MR) is 75.0 cm³/mol. The summed E-state index contributed by atoms with van der Waals surface area (Å²) >= 11 is 18.4. The fraction of sp³-hybridized carbons (Fsp3) is 0.400. The van der Waals surface area contributed by atoms with Gasteiger partial charge in [-0.05, 0) is 13.8 Å².